The van der Waals surface area contributed by atoms with Crippen molar-refractivity contribution in [3.8, 4) is 5.75 Å². The summed E-state index contributed by atoms with van der Waals surface area (Å²) in [5.41, 5.74) is 0.811. The zero-order chi connectivity index (χ0) is 12.0. The first-order valence-corrected chi connectivity index (χ1v) is 5.36. The molecule has 0 amide bonds. The molecule has 0 saturated carbocycles. The second-order valence-electron chi connectivity index (χ2n) is 3.29. The predicted molar refractivity (Wildman–Crippen MR) is 61.2 cm³/mol. The predicted octanol–water partition coefficient (Wildman–Crippen LogP) is 1.61. The van der Waals surface area contributed by atoms with Gasteiger partial charge in [0.15, 0.2) is 0 Å². The van der Waals surface area contributed by atoms with Crippen LogP contribution in [0.4, 0.5) is 0 Å². The number of hydrogen-bond acceptors (Lipinski definition) is 4. The van der Waals surface area contributed by atoms with Gasteiger partial charge in [0, 0.05) is 0 Å². The number of aromatic hydroxyl groups is 1. The number of halogens is 1. The van der Waals surface area contributed by atoms with E-state index in [0.29, 0.717) is 13.0 Å². The molecule has 1 unspecified atom stereocenters. The van der Waals surface area contributed by atoms with Crippen molar-refractivity contribution in [2.45, 2.75) is 19.4 Å². The molecule has 0 aromatic heterocycles. The second kappa shape index (κ2) is 6.35. The zero-order valence-electron chi connectivity index (χ0n) is 8.94. The Kier molecular flexibility index (Phi) is 5.08. The van der Waals surface area contributed by atoms with E-state index in [1.54, 1.807) is 31.2 Å². The maximum absolute atomic E-state index is 11.4. The van der Waals surface area contributed by atoms with Crippen LogP contribution in [0.15, 0.2) is 24.3 Å². The number of carbonyl (C=O) groups excluding carboxylic acids is 1. The molecule has 1 atom stereocenters. The van der Waals surface area contributed by atoms with Gasteiger partial charge in [0.05, 0.1) is 6.61 Å². The largest absolute Gasteiger partial charge is 0.508 e. The Bertz CT molecular complexity index is 357. The fourth-order valence-corrected chi connectivity index (χ4v) is 1.49. The minimum absolute atomic E-state index is 0.162. The van der Waals surface area contributed by atoms with Crippen LogP contribution in [0.25, 0.3) is 0 Å². The number of ether oxygens (including phenoxy) is 1. The summed E-state index contributed by atoms with van der Waals surface area (Å²) in [6.07, 6.45) is 0.372. The van der Waals surface area contributed by atoms with E-state index in [2.05, 4.69) is 4.84 Å². The monoisotopic (exact) mass is 243 g/mol. The van der Waals surface area contributed by atoms with E-state index in [0.717, 1.165) is 5.56 Å². The number of esters is 1. The van der Waals surface area contributed by atoms with E-state index in [4.69, 9.17) is 16.5 Å². The molecule has 0 bridgehead atoms. The van der Waals surface area contributed by atoms with Gasteiger partial charge in [0.2, 0.25) is 0 Å². The number of rotatable bonds is 5. The molecule has 4 nitrogen and oxygen atoms in total. The summed E-state index contributed by atoms with van der Waals surface area (Å²) in [5.74, 6) is -0.240. The summed E-state index contributed by atoms with van der Waals surface area (Å²) in [6.45, 7) is 2.05. The second-order valence-corrected chi connectivity index (χ2v) is 3.51. The Labute approximate surface area is 99.3 Å². The first-order valence-electron chi connectivity index (χ1n) is 4.98. The summed E-state index contributed by atoms with van der Waals surface area (Å²) in [7, 11) is 0. The minimum Gasteiger partial charge on any atom is -0.508 e. The molecule has 5 heteroatoms. The standard InChI is InChI=1S/C11H14ClNO3/c1-2-16-11(15)10(13-12)7-8-4-3-5-9(14)6-8/h3-6,10,13-14H,2,7H2,1H3. The summed E-state index contributed by atoms with van der Waals surface area (Å²) in [6, 6.07) is 6.06. The van der Waals surface area contributed by atoms with Crippen molar-refractivity contribution >= 4 is 17.7 Å². The summed E-state index contributed by atoms with van der Waals surface area (Å²) >= 11 is 5.47. The molecule has 0 aliphatic heterocycles. The number of nitrogens with one attached hydrogen (secondary N) is 1. The molecule has 0 heterocycles. The van der Waals surface area contributed by atoms with Crippen molar-refractivity contribution < 1.29 is 14.6 Å². The van der Waals surface area contributed by atoms with Gasteiger partial charge in [-0.1, -0.05) is 12.1 Å². The molecule has 0 aliphatic carbocycles. The maximum atomic E-state index is 11.4. The maximum Gasteiger partial charge on any atom is 0.324 e. The average Bonchev–Trinajstić information content (AvgIpc) is 2.26. The van der Waals surface area contributed by atoms with Gasteiger partial charge in [-0.2, -0.15) is 0 Å². The van der Waals surface area contributed by atoms with Crippen LogP contribution in [0.2, 0.25) is 0 Å². The van der Waals surface area contributed by atoms with Crippen LogP contribution in [0.3, 0.4) is 0 Å². The van der Waals surface area contributed by atoms with Gasteiger partial charge in [-0.05, 0) is 42.8 Å². The lowest BCUT2D eigenvalue weighted by Gasteiger charge is -2.13. The quantitative estimate of drug-likeness (QED) is 0.609. The molecule has 88 valence electrons. The van der Waals surface area contributed by atoms with Gasteiger partial charge in [-0.3, -0.25) is 4.79 Å². The smallest absolute Gasteiger partial charge is 0.324 e. The summed E-state index contributed by atoms with van der Waals surface area (Å²) in [5, 5.41) is 9.27. The van der Waals surface area contributed by atoms with Crippen LogP contribution < -0.4 is 4.84 Å². The topological polar surface area (TPSA) is 58.6 Å². The molecule has 16 heavy (non-hydrogen) atoms. The summed E-state index contributed by atoms with van der Waals surface area (Å²) in [4.78, 5) is 13.8. The van der Waals surface area contributed by atoms with E-state index < -0.39 is 12.0 Å². The van der Waals surface area contributed by atoms with E-state index in [1.807, 2.05) is 0 Å². The summed E-state index contributed by atoms with van der Waals surface area (Å²) < 4.78 is 4.85. The lowest BCUT2D eigenvalue weighted by molar-refractivity contribution is -0.145. The Morgan fingerprint density at radius 1 is 1.62 bits per heavy atom. The van der Waals surface area contributed by atoms with Crippen LogP contribution in [0.5, 0.6) is 5.75 Å². The van der Waals surface area contributed by atoms with Crippen molar-refractivity contribution in [2.75, 3.05) is 6.61 Å². The molecule has 1 aromatic rings. The molecule has 0 spiro atoms. The van der Waals surface area contributed by atoms with Crippen molar-refractivity contribution in [2.24, 2.45) is 0 Å². The van der Waals surface area contributed by atoms with Crippen LogP contribution >= 0.6 is 11.8 Å². The number of benzene rings is 1. The van der Waals surface area contributed by atoms with Gasteiger partial charge >= 0.3 is 5.97 Å². The van der Waals surface area contributed by atoms with E-state index >= 15 is 0 Å². The van der Waals surface area contributed by atoms with E-state index in [9.17, 15) is 9.90 Å². The zero-order valence-corrected chi connectivity index (χ0v) is 9.70. The lowest BCUT2D eigenvalue weighted by atomic mass is 10.1. The fraction of sp³-hybridized carbons (Fsp3) is 0.364. The van der Waals surface area contributed by atoms with Gasteiger partial charge < -0.3 is 9.84 Å². The molecule has 1 aromatic carbocycles. The van der Waals surface area contributed by atoms with Gasteiger partial charge in [0.1, 0.15) is 11.8 Å². The third-order valence-electron chi connectivity index (χ3n) is 2.05. The van der Waals surface area contributed by atoms with Crippen molar-refractivity contribution in [3.05, 3.63) is 29.8 Å². The van der Waals surface area contributed by atoms with Crippen LogP contribution in [-0.4, -0.2) is 23.7 Å². The Balaban J connectivity index is 2.66. The number of phenolic OH excluding ortho intramolecular Hbond substituents is 1. The van der Waals surface area contributed by atoms with Crippen LogP contribution in [0, 0.1) is 0 Å². The Morgan fingerprint density at radius 3 is 2.94 bits per heavy atom. The van der Waals surface area contributed by atoms with Gasteiger partial charge in [-0.15, -0.1) is 0 Å². The Hall–Kier alpha value is -1.26. The van der Waals surface area contributed by atoms with Crippen LogP contribution in [0.1, 0.15) is 12.5 Å². The van der Waals surface area contributed by atoms with E-state index in [-0.39, 0.29) is 5.75 Å². The number of hydrogen-bond donors (Lipinski definition) is 2. The SMILES string of the molecule is CCOC(=O)C(Cc1cccc(O)c1)NCl. The van der Waals surface area contributed by atoms with Crippen molar-refractivity contribution in [1.82, 2.24) is 4.84 Å². The molecule has 1 rings (SSSR count). The highest BCUT2D eigenvalue weighted by Gasteiger charge is 2.18. The number of carbonyl (C=O) groups is 1. The van der Waals surface area contributed by atoms with Gasteiger partial charge in [0.25, 0.3) is 0 Å². The molecule has 0 saturated heterocycles. The van der Waals surface area contributed by atoms with Crippen molar-refractivity contribution in [1.29, 1.82) is 0 Å². The third kappa shape index (κ3) is 3.72. The van der Waals surface area contributed by atoms with E-state index in [1.165, 1.54) is 0 Å². The minimum atomic E-state index is -0.608. The molecular formula is C11H14ClNO3. The fourth-order valence-electron chi connectivity index (χ4n) is 1.33. The highest BCUT2D eigenvalue weighted by Crippen LogP contribution is 2.13. The molecule has 0 fully saturated rings. The Morgan fingerprint density at radius 2 is 2.38 bits per heavy atom. The third-order valence-corrected chi connectivity index (χ3v) is 2.32. The highest BCUT2D eigenvalue weighted by atomic mass is 35.5. The molecule has 0 radical (unpaired) electrons. The van der Waals surface area contributed by atoms with Crippen molar-refractivity contribution in [3.63, 3.8) is 0 Å². The van der Waals surface area contributed by atoms with Crippen LogP contribution in [-0.2, 0) is 16.0 Å². The first-order chi connectivity index (χ1) is 7.67. The molecule has 2 N–H and O–H groups in total. The lowest BCUT2D eigenvalue weighted by Crippen LogP contribution is -2.34. The molecular weight excluding hydrogens is 230 g/mol. The average molecular weight is 244 g/mol. The van der Waals surface area contributed by atoms with Gasteiger partial charge in [-0.25, -0.2) is 4.84 Å². The number of phenols is 1. The normalized spacial score (nSPS) is 12.1. The highest BCUT2D eigenvalue weighted by molar-refractivity contribution is 6.14. The first kappa shape index (κ1) is 12.8. The molecule has 0 aliphatic rings.